The van der Waals surface area contributed by atoms with Gasteiger partial charge in [0.25, 0.3) is 0 Å². The number of sulfonamides is 1. The number of hydrogen-bond acceptors (Lipinski definition) is 5. The minimum Gasteiger partial charge on any atom is -0.486 e. The molecule has 2 rings (SSSR count). The summed E-state index contributed by atoms with van der Waals surface area (Å²) in [6.07, 6.45) is 0. The average molecular weight is 337 g/mol. The highest BCUT2D eigenvalue weighted by Crippen LogP contribution is 2.32. The zero-order valence-electron chi connectivity index (χ0n) is 12.1. The molecule has 1 aliphatic rings. The predicted octanol–water partition coefficient (Wildman–Crippen LogP) is 1.16. The van der Waals surface area contributed by atoms with Crippen LogP contribution in [0, 0.1) is 0 Å². The molecular weight excluding hydrogens is 316 g/mol. The van der Waals surface area contributed by atoms with Gasteiger partial charge in [-0.15, -0.1) is 12.4 Å². The van der Waals surface area contributed by atoms with Crippen molar-refractivity contribution >= 4 is 22.4 Å². The summed E-state index contributed by atoms with van der Waals surface area (Å²) in [6.45, 7) is 5.96. The van der Waals surface area contributed by atoms with Crippen molar-refractivity contribution in [2.75, 3.05) is 26.3 Å². The Hall–Kier alpha value is -1.02. The van der Waals surface area contributed by atoms with Gasteiger partial charge in [0.1, 0.15) is 13.2 Å². The van der Waals surface area contributed by atoms with Crippen molar-refractivity contribution in [1.29, 1.82) is 0 Å². The minimum absolute atomic E-state index is 0. The van der Waals surface area contributed by atoms with Crippen LogP contribution in [0.25, 0.3) is 0 Å². The van der Waals surface area contributed by atoms with Crippen molar-refractivity contribution in [3.8, 4) is 11.5 Å². The zero-order chi connectivity index (χ0) is 14.6. The van der Waals surface area contributed by atoms with E-state index in [9.17, 15) is 8.42 Å². The van der Waals surface area contributed by atoms with Gasteiger partial charge >= 0.3 is 0 Å². The summed E-state index contributed by atoms with van der Waals surface area (Å²) in [4.78, 5) is 0.186. The maximum absolute atomic E-state index is 12.2. The molecule has 2 N–H and O–H groups in total. The van der Waals surface area contributed by atoms with Crippen molar-refractivity contribution in [1.82, 2.24) is 10.0 Å². The van der Waals surface area contributed by atoms with Gasteiger partial charge in [0.15, 0.2) is 11.5 Å². The Morgan fingerprint density at radius 3 is 2.57 bits per heavy atom. The van der Waals surface area contributed by atoms with E-state index in [0.717, 1.165) is 6.54 Å². The normalized spacial score (nSPS) is 15.1. The van der Waals surface area contributed by atoms with Crippen LogP contribution in [0.3, 0.4) is 0 Å². The minimum atomic E-state index is -3.53. The number of hydrogen-bond donors (Lipinski definition) is 2. The number of likely N-dealkylation sites (N-methyl/N-ethyl adjacent to an activating group) is 1. The number of ether oxygens (including phenoxy) is 2. The number of rotatable bonds is 6. The lowest BCUT2D eigenvalue weighted by Crippen LogP contribution is -2.38. The summed E-state index contributed by atoms with van der Waals surface area (Å²) in [5, 5.41) is 3.15. The van der Waals surface area contributed by atoms with Crippen LogP contribution >= 0.6 is 12.4 Å². The molecule has 1 aliphatic heterocycles. The van der Waals surface area contributed by atoms with E-state index in [2.05, 4.69) is 10.0 Å². The van der Waals surface area contributed by atoms with Crippen molar-refractivity contribution in [2.45, 2.75) is 24.8 Å². The Labute approximate surface area is 131 Å². The first-order chi connectivity index (χ1) is 9.53. The van der Waals surface area contributed by atoms with Gasteiger partial charge in [0.05, 0.1) is 4.90 Å². The molecule has 1 heterocycles. The molecule has 1 aromatic carbocycles. The molecule has 0 aliphatic carbocycles. The molecular formula is C13H21ClN2O4S. The molecule has 1 aromatic rings. The molecule has 0 spiro atoms. The van der Waals surface area contributed by atoms with Crippen molar-refractivity contribution < 1.29 is 17.9 Å². The summed E-state index contributed by atoms with van der Waals surface area (Å²) >= 11 is 0. The van der Waals surface area contributed by atoms with Crippen LogP contribution in [0.2, 0.25) is 0 Å². The van der Waals surface area contributed by atoms with E-state index in [1.165, 1.54) is 12.1 Å². The third kappa shape index (κ3) is 4.74. The van der Waals surface area contributed by atoms with Gasteiger partial charge < -0.3 is 14.8 Å². The fourth-order valence-corrected chi connectivity index (χ4v) is 3.07. The molecule has 0 radical (unpaired) electrons. The summed E-state index contributed by atoms with van der Waals surface area (Å²) < 4.78 is 37.7. The average Bonchev–Trinajstić information content (AvgIpc) is 2.45. The maximum Gasteiger partial charge on any atom is 0.240 e. The van der Waals surface area contributed by atoms with Crippen LogP contribution in [-0.4, -0.2) is 40.8 Å². The Bertz CT molecular complexity index is 565. The third-order valence-corrected chi connectivity index (χ3v) is 4.38. The third-order valence-electron chi connectivity index (χ3n) is 2.96. The lowest BCUT2D eigenvalue weighted by Gasteiger charge is -2.19. The predicted molar refractivity (Wildman–Crippen MR) is 83.0 cm³/mol. The van der Waals surface area contributed by atoms with Crippen LogP contribution in [0.15, 0.2) is 23.1 Å². The van der Waals surface area contributed by atoms with Gasteiger partial charge in [-0.25, -0.2) is 13.1 Å². The Morgan fingerprint density at radius 1 is 1.24 bits per heavy atom. The molecule has 0 saturated carbocycles. The fourth-order valence-electron chi connectivity index (χ4n) is 1.93. The van der Waals surface area contributed by atoms with E-state index in [4.69, 9.17) is 9.47 Å². The van der Waals surface area contributed by atoms with E-state index in [1.807, 2.05) is 13.8 Å². The number of fused-ring (bicyclic) bond motifs is 1. The van der Waals surface area contributed by atoms with Gasteiger partial charge in [-0.05, 0) is 25.6 Å². The number of halogens is 1. The summed E-state index contributed by atoms with van der Waals surface area (Å²) in [7, 11) is -3.53. The van der Waals surface area contributed by atoms with Crippen LogP contribution in [0.1, 0.15) is 13.8 Å². The van der Waals surface area contributed by atoms with Crippen molar-refractivity contribution in [2.24, 2.45) is 0 Å². The Kier molecular flexibility index (Phi) is 6.73. The lowest BCUT2D eigenvalue weighted by atomic mass is 10.3. The molecule has 8 heteroatoms. The van der Waals surface area contributed by atoms with E-state index in [-0.39, 0.29) is 23.3 Å². The van der Waals surface area contributed by atoms with Gasteiger partial charge in [0, 0.05) is 18.7 Å². The van der Waals surface area contributed by atoms with E-state index in [1.54, 1.807) is 6.07 Å². The molecule has 0 fully saturated rings. The summed E-state index contributed by atoms with van der Waals surface area (Å²) in [5.41, 5.74) is 0. The van der Waals surface area contributed by atoms with Crippen LogP contribution < -0.4 is 19.5 Å². The molecule has 0 bridgehead atoms. The van der Waals surface area contributed by atoms with Crippen molar-refractivity contribution in [3.05, 3.63) is 18.2 Å². The smallest absolute Gasteiger partial charge is 0.240 e. The monoisotopic (exact) mass is 336 g/mol. The van der Waals surface area contributed by atoms with Gasteiger partial charge in [-0.2, -0.15) is 0 Å². The van der Waals surface area contributed by atoms with Crippen LogP contribution in [0.4, 0.5) is 0 Å². The molecule has 0 saturated heterocycles. The zero-order valence-corrected chi connectivity index (χ0v) is 13.7. The topological polar surface area (TPSA) is 76.7 Å². The fraction of sp³-hybridized carbons (Fsp3) is 0.538. The summed E-state index contributed by atoms with van der Waals surface area (Å²) in [6, 6.07) is 4.71. The van der Waals surface area contributed by atoms with E-state index in [0.29, 0.717) is 31.3 Å². The van der Waals surface area contributed by atoms with Crippen LogP contribution in [0.5, 0.6) is 11.5 Å². The second-order valence-corrected chi connectivity index (χ2v) is 6.38. The standard InChI is InChI=1S/C13H20N2O4S.ClH/c1-3-14-10(2)9-15-20(16,17)11-4-5-12-13(8-11)19-7-6-18-12;/h4-5,8,10,14-15H,3,6-7,9H2,1-2H3;1H/t10-;/m1./s1. The van der Waals surface area contributed by atoms with Gasteiger partial charge in [-0.1, -0.05) is 6.92 Å². The lowest BCUT2D eigenvalue weighted by molar-refractivity contribution is 0.171. The Morgan fingerprint density at radius 2 is 1.90 bits per heavy atom. The molecule has 6 nitrogen and oxygen atoms in total. The maximum atomic E-state index is 12.2. The highest BCUT2D eigenvalue weighted by atomic mass is 35.5. The van der Waals surface area contributed by atoms with Gasteiger partial charge in [-0.3, -0.25) is 0 Å². The highest BCUT2D eigenvalue weighted by molar-refractivity contribution is 7.89. The Balaban J connectivity index is 0.00000220. The second-order valence-electron chi connectivity index (χ2n) is 4.62. The quantitative estimate of drug-likeness (QED) is 0.815. The molecule has 1 atom stereocenters. The van der Waals surface area contributed by atoms with Crippen molar-refractivity contribution in [3.63, 3.8) is 0 Å². The van der Waals surface area contributed by atoms with Gasteiger partial charge in [0.2, 0.25) is 10.0 Å². The molecule has 0 aromatic heterocycles. The second kappa shape index (κ2) is 7.84. The first kappa shape index (κ1) is 18.0. The summed E-state index contributed by atoms with van der Waals surface area (Å²) in [5.74, 6) is 1.05. The molecule has 21 heavy (non-hydrogen) atoms. The number of benzene rings is 1. The van der Waals surface area contributed by atoms with E-state index < -0.39 is 10.0 Å². The first-order valence-corrected chi connectivity index (χ1v) is 8.14. The molecule has 0 amide bonds. The first-order valence-electron chi connectivity index (χ1n) is 6.65. The van der Waals surface area contributed by atoms with E-state index >= 15 is 0 Å². The van der Waals surface area contributed by atoms with Crippen LogP contribution in [-0.2, 0) is 10.0 Å². The largest absolute Gasteiger partial charge is 0.486 e. The number of nitrogens with one attached hydrogen (secondary N) is 2. The molecule has 0 unspecified atom stereocenters. The SMILES string of the molecule is CCN[C@H](C)CNS(=O)(=O)c1ccc2c(c1)OCCO2.Cl. The highest BCUT2D eigenvalue weighted by Gasteiger charge is 2.19. The molecule has 120 valence electrons.